The molecule has 0 aliphatic heterocycles. The van der Waals surface area contributed by atoms with Crippen LogP contribution in [0.2, 0.25) is 0 Å². The Labute approximate surface area is 144 Å². The third-order valence-electron chi connectivity index (χ3n) is 2.60. The lowest BCUT2D eigenvalue weighted by atomic mass is 10.3. The fourth-order valence-corrected chi connectivity index (χ4v) is 3.37. The van der Waals surface area contributed by atoms with Gasteiger partial charge in [-0.05, 0) is 45.8 Å². The van der Waals surface area contributed by atoms with Crippen LogP contribution in [0.4, 0.5) is 5.69 Å². The van der Waals surface area contributed by atoms with Gasteiger partial charge in [-0.1, -0.05) is 18.2 Å². The molecule has 0 aliphatic carbocycles. The number of hydrogen-bond acceptors (Lipinski definition) is 6. The molecule has 1 unspecified atom stereocenters. The van der Waals surface area contributed by atoms with Crippen molar-refractivity contribution in [1.82, 2.24) is 4.98 Å². The summed E-state index contributed by atoms with van der Waals surface area (Å²) in [5, 5.41) is 0.987. The van der Waals surface area contributed by atoms with Crippen molar-refractivity contribution in [3.63, 3.8) is 0 Å². The predicted octanol–water partition coefficient (Wildman–Crippen LogP) is 2.17. The molecule has 0 aliphatic rings. The molecule has 0 bridgehead atoms. The minimum Gasteiger partial charge on any atom is -0.279 e. The standard InChI is InChI=1S/C13H12BrN3O4S2/c14-13-6-5-10(9-16-13)7-8-23(19,20)17-11-3-1-2-4-12(11)22(18)21-15/h1-9,17H,15H2/b8-7+. The summed E-state index contributed by atoms with van der Waals surface area (Å²) in [6.45, 7) is 0. The van der Waals surface area contributed by atoms with Crippen LogP contribution in [-0.4, -0.2) is 17.6 Å². The third kappa shape index (κ3) is 5.22. The first-order valence-electron chi connectivity index (χ1n) is 6.12. The number of aromatic nitrogens is 1. The van der Waals surface area contributed by atoms with Gasteiger partial charge in [-0.3, -0.25) is 4.72 Å². The van der Waals surface area contributed by atoms with Gasteiger partial charge in [-0.25, -0.2) is 17.6 Å². The number of benzene rings is 1. The molecule has 1 aromatic carbocycles. The summed E-state index contributed by atoms with van der Waals surface area (Å²) in [4.78, 5) is 4.11. The summed E-state index contributed by atoms with van der Waals surface area (Å²) in [5.74, 6) is 4.88. The molecule has 1 heterocycles. The summed E-state index contributed by atoms with van der Waals surface area (Å²) in [6, 6.07) is 9.48. The Kier molecular flexibility index (Phi) is 6.02. The van der Waals surface area contributed by atoms with Crippen molar-refractivity contribution in [3.05, 3.63) is 58.2 Å². The zero-order chi connectivity index (χ0) is 16.9. The van der Waals surface area contributed by atoms with Crippen molar-refractivity contribution >= 4 is 48.8 Å². The van der Waals surface area contributed by atoms with Gasteiger partial charge in [0.1, 0.15) is 4.60 Å². The van der Waals surface area contributed by atoms with E-state index in [4.69, 9.17) is 5.90 Å². The number of para-hydroxylation sites is 1. The fourth-order valence-electron chi connectivity index (χ4n) is 1.59. The average molecular weight is 418 g/mol. The Balaban J connectivity index is 2.22. The highest BCUT2D eigenvalue weighted by atomic mass is 79.9. The number of anilines is 1. The number of rotatable bonds is 6. The van der Waals surface area contributed by atoms with Crippen LogP contribution < -0.4 is 10.6 Å². The van der Waals surface area contributed by atoms with E-state index in [2.05, 4.69) is 29.9 Å². The highest BCUT2D eigenvalue weighted by Gasteiger charge is 2.14. The van der Waals surface area contributed by atoms with Gasteiger partial charge in [-0.2, -0.15) is 10.2 Å². The normalized spacial score (nSPS) is 13.1. The van der Waals surface area contributed by atoms with Gasteiger partial charge in [0.15, 0.2) is 0 Å². The number of pyridine rings is 1. The molecule has 122 valence electrons. The third-order valence-corrected chi connectivity index (χ3v) is 4.95. The van der Waals surface area contributed by atoms with Crippen molar-refractivity contribution in [2.45, 2.75) is 4.90 Å². The van der Waals surface area contributed by atoms with Gasteiger partial charge < -0.3 is 0 Å². The number of nitrogens with zero attached hydrogens (tertiary/aromatic N) is 1. The van der Waals surface area contributed by atoms with Crippen LogP contribution in [0.1, 0.15) is 5.56 Å². The Hall–Kier alpha value is -1.59. The van der Waals surface area contributed by atoms with E-state index in [1.807, 2.05) is 0 Å². The molecule has 0 amide bonds. The van der Waals surface area contributed by atoms with Gasteiger partial charge in [0, 0.05) is 6.20 Å². The van der Waals surface area contributed by atoms with Crippen molar-refractivity contribution in [1.29, 1.82) is 0 Å². The topological polar surface area (TPSA) is 111 Å². The molecule has 1 atom stereocenters. The molecule has 0 saturated carbocycles. The van der Waals surface area contributed by atoms with Crippen LogP contribution >= 0.6 is 15.9 Å². The molecule has 1 aromatic heterocycles. The molecule has 2 aromatic rings. The van der Waals surface area contributed by atoms with Crippen LogP contribution in [0, 0.1) is 0 Å². The first-order valence-corrected chi connectivity index (χ1v) is 9.53. The van der Waals surface area contributed by atoms with Gasteiger partial charge in [0.05, 0.1) is 16.0 Å². The van der Waals surface area contributed by atoms with Crippen molar-refractivity contribution in [2.75, 3.05) is 4.72 Å². The molecule has 0 saturated heterocycles. The van der Waals surface area contributed by atoms with E-state index in [-0.39, 0.29) is 10.6 Å². The minimum absolute atomic E-state index is 0.120. The monoisotopic (exact) mass is 417 g/mol. The fraction of sp³-hybridized carbons (Fsp3) is 0. The summed E-state index contributed by atoms with van der Waals surface area (Å²) < 4.78 is 43.0. The molecular formula is C13H12BrN3O4S2. The molecular weight excluding hydrogens is 406 g/mol. The van der Waals surface area contributed by atoms with Gasteiger partial charge >= 0.3 is 0 Å². The highest BCUT2D eigenvalue weighted by molar-refractivity contribution is 9.10. The Morgan fingerprint density at radius 3 is 2.65 bits per heavy atom. The average Bonchev–Trinajstić information content (AvgIpc) is 2.54. The lowest BCUT2D eigenvalue weighted by molar-refractivity contribution is 0.367. The van der Waals surface area contributed by atoms with E-state index in [0.717, 1.165) is 5.41 Å². The molecule has 7 nitrogen and oxygen atoms in total. The second-order valence-electron chi connectivity index (χ2n) is 4.19. The van der Waals surface area contributed by atoms with Gasteiger partial charge in [0.2, 0.25) is 11.1 Å². The maximum absolute atomic E-state index is 12.1. The summed E-state index contributed by atoms with van der Waals surface area (Å²) >= 11 is 1.22. The second-order valence-corrected chi connectivity index (χ2v) is 7.67. The first-order chi connectivity index (χ1) is 10.9. The number of nitrogens with one attached hydrogen (secondary N) is 1. The van der Waals surface area contributed by atoms with Crippen molar-refractivity contribution in [3.8, 4) is 0 Å². The maximum Gasteiger partial charge on any atom is 0.255 e. The molecule has 0 spiro atoms. The van der Waals surface area contributed by atoms with Crippen LogP contribution in [0.5, 0.6) is 0 Å². The molecule has 3 N–H and O–H groups in total. The first kappa shape index (κ1) is 17.8. The molecule has 10 heteroatoms. The van der Waals surface area contributed by atoms with Crippen molar-refractivity contribution in [2.24, 2.45) is 5.90 Å². The van der Waals surface area contributed by atoms with E-state index in [0.29, 0.717) is 10.2 Å². The van der Waals surface area contributed by atoms with Crippen LogP contribution in [0.15, 0.2) is 57.5 Å². The van der Waals surface area contributed by atoms with Gasteiger partial charge in [-0.15, -0.1) is 0 Å². The molecule has 0 fully saturated rings. The molecule has 2 rings (SSSR count). The van der Waals surface area contributed by atoms with E-state index in [1.165, 1.54) is 24.4 Å². The number of hydrogen-bond donors (Lipinski definition) is 2. The summed E-state index contributed by atoms with van der Waals surface area (Å²) in [6.07, 6.45) is 2.90. The van der Waals surface area contributed by atoms with Crippen LogP contribution in [0.3, 0.4) is 0 Å². The van der Waals surface area contributed by atoms with E-state index in [1.54, 1.807) is 24.3 Å². The Morgan fingerprint density at radius 2 is 2.00 bits per heavy atom. The van der Waals surface area contributed by atoms with E-state index in [9.17, 15) is 12.6 Å². The maximum atomic E-state index is 12.1. The van der Waals surface area contributed by atoms with Crippen LogP contribution in [-0.2, 0) is 25.4 Å². The second kappa shape index (κ2) is 7.79. The zero-order valence-electron chi connectivity index (χ0n) is 11.5. The summed E-state index contributed by atoms with van der Waals surface area (Å²) in [7, 11) is -3.81. The lowest BCUT2D eigenvalue weighted by Crippen LogP contribution is -2.12. The van der Waals surface area contributed by atoms with E-state index >= 15 is 0 Å². The highest BCUT2D eigenvalue weighted by Crippen LogP contribution is 2.21. The van der Waals surface area contributed by atoms with Crippen LogP contribution in [0.25, 0.3) is 6.08 Å². The lowest BCUT2D eigenvalue weighted by Gasteiger charge is -2.08. The molecule has 0 radical (unpaired) electrons. The smallest absolute Gasteiger partial charge is 0.255 e. The predicted molar refractivity (Wildman–Crippen MR) is 91.6 cm³/mol. The SMILES string of the molecule is NOS(=O)c1ccccc1NS(=O)(=O)/C=C/c1ccc(Br)nc1. The van der Waals surface area contributed by atoms with E-state index < -0.39 is 21.1 Å². The number of nitrogens with two attached hydrogens (primary N) is 1. The zero-order valence-corrected chi connectivity index (χ0v) is 14.8. The minimum atomic E-state index is -3.81. The largest absolute Gasteiger partial charge is 0.279 e. The number of halogens is 1. The number of sulfonamides is 1. The summed E-state index contributed by atoms with van der Waals surface area (Å²) in [5.41, 5.74) is 0.732. The Morgan fingerprint density at radius 1 is 1.26 bits per heavy atom. The quantitative estimate of drug-likeness (QED) is 0.550. The molecule has 23 heavy (non-hydrogen) atoms. The van der Waals surface area contributed by atoms with Gasteiger partial charge in [0.25, 0.3) is 10.0 Å². The van der Waals surface area contributed by atoms with Crippen molar-refractivity contribution < 1.29 is 16.9 Å². The Bertz CT molecular complexity index is 839.